The van der Waals surface area contributed by atoms with E-state index in [1.54, 1.807) is 36.4 Å². The first-order valence-corrected chi connectivity index (χ1v) is 10.7. The second-order valence-electron chi connectivity index (χ2n) is 7.56. The fraction of sp³-hybridized carbons (Fsp3) is 0.333. The zero-order valence-corrected chi connectivity index (χ0v) is 18.0. The highest BCUT2D eigenvalue weighted by molar-refractivity contribution is 6.34. The summed E-state index contributed by atoms with van der Waals surface area (Å²) in [6, 6.07) is 10.4. The van der Waals surface area contributed by atoms with Crippen molar-refractivity contribution in [2.75, 3.05) is 5.32 Å². The van der Waals surface area contributed by atoms with E-state index in [-0.39, 0.29) is 24.5 Å². The summed E-state index contributed by atoms with van der Waals surface area (Å²) >= 11 is 11.9. The average molecular weight is 462 g/mol. The van der Waals surface area contributed by atoms with E-state index in [1.165, 1.54) is 0 Å². The number of amides is 2. The van der Waals surface area contributed by atoms with E-state index in [1.807, 2.05) is 0 Å². The van der Waals surface area contributed by atoms with Gasteiger partial charge in [0.25, 0.3) is 0 Å². The summed E-state index contributed by atoms with van der Waals surface area (Å²) in [6.45, 7) is 0.0831. The SMILES string of the molecule is O=C(NC1CCC(C(=O)Nc2ccc3n[nH]nc3c2)CC1)OCc1cc(Cl)cc(Cl)c1. The number of halogens is 2. The number of carbonyl (C=O) groups excluding carboxylic acids is 2. The van der Waals surface area contributed by atoms with Crippen LogP contribution in [0.1, 0.15) is 31.2 Å². The predicted molar refractivity (Wildman–Crippen MR) is 118 cm³/mol. The van der Waals surface area contributed by atoms with Crippen molar-refractivity contribution in [3.8, 4) is 0 Å². The van der Waals surface area contributed by atoms with Gasteiger partial charge in [0.05, 0.1) is 0 Å². The Morgan fingerprint density at radius 3 is 2.45 bits per heavy atom. The summed E-state index contributed by atoms with van der Waals surface area (Å²) in [5, 5.41) is 17.4. The van der Waals surface area contributed by atoms with Crippen molar-refractivity contribution in [3.63, 3.8) is 0 Å². The molecule has 31 heavy (non-hydrogen) atoms. The molecule has 0 spiro atoms. The van der Waals surface area contributed by atoms with Crippen LogP contribution in [0.3, 0.4) is 0 Å². The van der Waals surface area contributed by atoms with E-state index in [0.717, 1.165) is 11.1 Å². The molecule has 1 aromatic heterocycles. The minimum atomic E-state index is -0.495. The number of nitrogens with one attached hydrogen (secondary N) is 3. The monoisotopic (exact) mass is 461 g/mol. The van der Waals surface area contributed by atoms with Gasteiger partial charge in [-0.05, 0) is 67.6 Å². The van der Waals surface area contributed by atoms with Gasteiger partial charge in [0.15, 0.2) is 0 Å². The third-order valence-electron chi connectivity index (χ3n) is 5.30. The number of hydrogen-bond donors (Lipinski definition) is 3. The summed E-state index contributed by atoms with van der Waals surface area (Å²) in [6.07, 6.45) is 2.29. The molecule has 1 heterocycles. The third-order valence-corrected chi connectivity index (χ3v) is 5.73. The molecule has 0 unspecified atom stereocenters. The molecule has 3 aromatic rings. The number of aromatic amines is 1. The van der Waals surface area contributed by atoms with E-state index in [0.29, 0.717) is 46.9 Å². The minimum absolute atomic E-state index is 0.0222. The molecule has 1 fully saturated rings. The Hall–Kier alpha value is -2.84. The predicted octanol–water partition coefficient (Wildman–Crippen LogP) is 4.69. The molecule has 3 N–H and O–H groups in total. The van der Waals surface area contributed by atoms with Gasteiger partial charge in [-0.15, -0.1) is 0 Å². The molecular weight excluding hydrogens is 441 g/mol. The van der Waals surface area contributed by atoms with Crippen molar-refractivity contribution >= 4 is 51.9 Å². The molecule has 10 heteroatoms. The van der Waals surface area contributed by atoms with Crippen LogP contribution in [-0.4, -0.2) is 33.5 Å². The summed E-state index contributed by atoms with van der Waals surface area (Å²) in [5.74, 6) is -0.127. The fourth-order valence-electron chi connectivity index (χ4n) is 3.71. The van der Waals surface area contributed by atoms with Crippen LogP contribution in [0.5, 0.6) is 0 Å². The molecule has 2 aromatic carbocycles. The van der Waals surface area contributed by atoms with Crippen molar-refractivity contribution in [1.82, 2.24) is 20.7 Å². The highest BCUT2D eigenvalue weighted by Crippen LogP contribution is 2.26. The van der Waals surface area contributed by atoms with Gasteiger partial charge in [-0.2, -0.15) is 15.4 Å². The lowest BCUT2D eigenvalue weighted by atomic mass is 9.85. The van der Waals surface area contributed by atoms with Crippen molar-refractivity contribution in [2.24, 2.45) is 5.92 Å². The van der Waals surface area contributed by atoms with Gasteiger partial charge in [-0.3, -0.25) is 4.79 Å². The lowest BCUT2D eigenvalue weighted by Crippen LogP contribution is -2.39. The Balaban J connectivity index is 1.21. The topological polar surface area (TPSA) is 109 Å². The number of alkyl carbamates (subject to hydrolysis) is 1. The van der Waals surface area contributed by atoms with E-state index in [4.69, 9.17) is 27.9 Å². The van der Waals surface area contributed by atoms with Gasteiger partial charge < -0.3 is 15.4 Å². The lowest BCUT2D eigenvalue weighted by molar-refractivity contribution is -0.120. The number of aromatic nitrogens is 3. The van der Waals surface area contributed by atoms with Gasteiger partial charge in [0, 0.05) is 27.7 Å². The standard InChI is InChI=1S/C21H21Cl2N5O3/c22-14-7-12(8-15(23)9-14)11-31-21(30)25-16-3-1-13(2-4-16)20(29)24-17-5-6-18-19(10-17)27-28-26-18/h5-10,13,16H,1-4,11H2,(H,24,29)(H,25,30)(H,26,27,28). The molecule has 0 atom stereocenters. The van der Waals surface area contributed by atoms with Crippen LogP contribution in [0.4, 0.5) is 10.5 Å². The van der Waals surface area contributed by atoms with E-state index in [2.05, 4.69) is 26.0 Å². The molecule has 1 aliphatic carbocycles. The fourth-order valence-corrected chi connectivity index (χ4v) is 4.29. The normalized spacial score (nSPS) is 18.5. The zero-order chi connectivity index (χ0) is 21.8. The maximum Gasteiger partial charge on any atom is 0.407 e. The van der Waals surface area contributed by atoms with Crippen molar-refractivity contribution < 1.29 is 14.3 Å². The molecule has 0 bridgehead atoms. The Kier molecular flexibility index (Phi) is 6.58. The van der Waals surface area contributed by atoms with Gasteiger partial charge in [-0.1, -0.05) is 23.2 Å². The van der Waals surface area contributed by atoms with Crippen LogP contribution in [0, 0.1) is 5.92 Å². The van der Waals surface area contributed by atoms with E-state index in [9.17, 15) is 9.59 Å². The minimum Gasteiger partial charge on any atom is -0.445 e. The van der Waals surface area contributed by atoms with Crippen LogP contribution in [0.15, 0.2) is 36.4 Å². The van der Waals surface area contributed by atoms with Crippen molar-refractivity contribution in [1.29, 1.82) is 0 Å². The highest BCUT2D eigenvalue weighted by atomic mass is 35.5. The molecule has 0 radical (unpaired) electrons. The van der Waals surface area contributed by atoms with Crippen LogP contribution in [0.25, 0.3) is 11.0 Å². The second-order valence-corrected chi connectivity index (χ2v) is 8.44. The second kappa shape index (κ2) is 9.53. The number of hydrogen-bond acceptors (Lipinski definition) is 5. The molecule has 0 saturated heterocycles. The summed E-state index contributed by atoms with van der Waals surface area (Å²) < 4.78 is 5.26. The van der Waals surface area contributed by atoms with E-state index >= 15 is 0 Å². The van der Waals surface area contributed by atoms with Crippen LogP contribution in [0.2, 0.25) is 10.0 Å². The van der Waals surface area contributed by atoms with E-state index < -0.39 is 6.09 Å². The Labute approximate surface area is 188 Å². The molecule has 2 amide bonds. The zero-order valence-electron chi connectivity index (χ0n) is 16.5. The van der Waals surface area contributed by atoms with Gasteiger partial charge >= 0.3 is 6.09 Å². The van der Waals surface area contributed by atoms with Gasteiger partial charge in [0.2, 0.25) is 5.91 Å². The quantitative estimate of drug-likeness (QED) is 0.510. The van der Waals surface area contributed by atoms with Crippen LogP contribution >= 0.6 is 23.2 Å². The first-order valence-electron chi connectivity index (χ1n) is 9.96. The largest absolute Gasteiger partial charge is 0.445 e. The first-order chi connectivity index (χ1) is 15.0. The average Bonchev–Trinajstić information content (AvgIpc) is 3.20. The van der Waals surface area contributed by atoms with Crippen LogP contribution in [-0.2, 0) is 16.1 Å². The Morgan fingerprint density at radius 2 is 1.71 bits per heavy atom. The number of H-pyrrole nitrogens is 1. The Morgan fingerprint density at radius 1 is 1.00 bits per heavy atom. The third kappa shape index (κ3) is 5.65. The molecule has 1 saturated carbocycles. The van der Waals surface area contributed by atoms with Gasteiger partial charge in [0.1, 0.15) is 17.6 Å². The first kappa shape index (κ1) is 21.4. The maximum absolute atomic E-state index is 12.6. The molecule has 4 rings (SSSR count). The number of benzene rings is 2. The van der Waals surface area contributed by atoms with Crippen molar-refractivity contribution in [2.45, 2.75) is 38.3 Å². The number of carbonyl (C=O) groups is 2. The Bertz CT molecular complexity index is 1080. The molecule has 0 aliphatic heterocycles. The molecular formula is C21H21Cl2N5O3. The number of ether oxygens (including phenoxy) is 1. The van der Waals surface area contributed by atoms with Crippen molar-refractivity contribution in [3.05, 3.63) is 52.0 Å². The smallest absolute Gasteiger partial charge is 0.407 e. The summed E-state index contributed by atoms with van der Waals surface area (Å²) in [5.41, 5.74) is 2.85. The number of rotatable bonds is 5. The molecule has 1 aliphatic rings. The number of fused-ring (bicyclic) bond motifs is 1. The highest BCUT2D eigenvalue weighted by Gasteiger charge is 2.27. The molecule has 8 nitrogen and oxygen atoms in total. The summed E-state index contributed by atoms with van der Waals surface area (Å²) in [7, 11) is 0. The number of nitrogens with zero attached hydrogens (tertiary/aromatic N) is 2. The molecule has 162 valence electrons. The number of anilines is 1. The van der Waals surface area contributed by atoms with Gasteiger partial charge in [-0.25, -0.2) is 4.79 Å². The maximum atomic E-state index is 12.6. The lowest BCUT2D eigenvalue weighted by Gasteiger charge is -2.28. The summed E-state index contributed by atoms with van der Waals surface area (Å²) in [4.78, 5) is 24.7. The van der Waals surface area contributed by atoms with Crippen LogP contribution < -0.4 is 10.6 Å².